The predicted molar refractivity (Wildman–Crippen MR) is 52.8 cm³/mol. The van der Waals surface area contributed by atoms with Gasteiger partial charge in [0.15, 0.2) is 0 Å². The van der Waals surface area contributed by atoms with Crippen molar-refractivity contribution in [1.82, 2.24) is 0 Å². The molecule has 0 bridgehead atoms. The normalized spacial score (nSPS) is 12.5. The molecule has 0 spiro atoms. The second-order valence-electron chi connectivity index (χ2n) is 2.77. The van der Waals surface area contributed by atoms with Crippen LogP contribution in [-0.2, 0) is 19.1 Å². The van der Waals surface area contributed by atoms with E-state index in [1.807, 2.05) is 6.92 Å². The average Bonchev–Trinajstić information content (AvgIpc) is 2.15. The first-order valence-electron chi connectivity index (χ1n) is 4.83. The van der Waals surface area contributed by atoms with Crippen molar-refractivity contribution >= 4 is 11.9 Å². The smallest absolute Gasteiger partial charge is 0.333 e. The molecule has 0 saturated carbocycles. The van der Waals surface area contributed by atoms with E-state index in [2.05, 4.69) is 9.47 Å². The minimum atomic E-state index is -1.12. The highest BCUT2D eigenvalue weighted by Gasteiger charge is 2.07. The van der Waals surface area contributed by atoms with Crippen molar-refractivity contribution in [3.63, 3.8) is 0 Å². The van der Waals surface area contributed by atoms with Crippen LogP contribution in [0.4, 0.5) is 0 Å². The summed E-state index contributed by atoms with van der Waals surface area (Å²) in [6, 6.07) is 0. The lowest BCUT2D eigenvalue weighted by molar-refractivity contribution is -0.162. The first-order valence-corrected chi connectivity index (χ1v) is 4.83. The molecule has 0 aromatic rings. The second-order valence-corrected chi connectivity index (χ2v) is 2.77. The highest BCUT2D eigenvalue weighted by atomic mass is 16.6. The van der Waals surface area contributed by atoms with E-state index in [9.17, 15) is 9.59 Å². The fraction of sp³-hybridized carbons (Fsp3) is 0.600. The van der Waals surface area contributed by atoms with Crippen molar-refractivity contribution in [2.45, 2.75) is 33.0 Å². The minimum absolute atomic E-state index is 0.247. The lowest BCUT2D eigenvalue weighted by atomic mass is 10.3. The maximum absolute atomic E-state index is 11.0. The molecule has 15 heavy (non-hydrogen) atoms. The third-order valence-corrected chi connectivity index (χ3v) is 1.43. The number of aliphatic hydroxyl groups excluding tert-OH is 1. The molecular formula is C10H16O5. The molecule has 0 aliphatic heterocycles. The summed E-state index contributed by atoms with van der Waals surface area (Å²) in [5.74, 6) is -1.37. The summed E-state index contributed by atoms with van der Waals surface area (Å²) < 4.78 is 9.09. The van der Waals surface area contributed by atoms with Gasteiger partial charge in [-0.25, -0.2) is 9.59 Å². The average molecular weight is 216 g/mol. The number of hydrogen-bond donors (Lipinski definition) is 1. The molecule has 0 heterocycles. The van der Waals surface area contributed by atoms with E-state index < -0.39 is 18.2 Å². The molecule has 0 radical (unpaired) electrons. The molecule has 86 valence electrons. The Kier molecular flexibility index (Phi) is 7.27. The number of carbonyl (C=O) groups excluding carboxylic acids is 2. The largest absolute Gasteiger partial charge is 0.463 e. The maximum atomic E-state index is 11.0. The molecule has 5 nitrogen and oxygen atoms in total. The molecule has 0 saturated heterocycles. The number of ether oxygens (including phenoxy) is 2. The van der Waals surface area contributed by atoms with E-state index in [0.29, 0.717) is 12.8 Å². The van der Waals surface area contributed by atoms with Gasteiger partial charge in [0, 0.05) is 18.6 Å². The highest BCUT2D eigenvalue weighted by Crippen LogP contribution is 1.98. The molecule has 0 aliphatic carbocycles. The Bertz CT molecular complexity index is 234. The van der Waals surface area contributed by atoms with Crippen LogP contribution in [0.2, 0.25) is 0 Å². The van der Waals surface area contributed by atoms with Crippen LogP contribution in [0.1, 0.15) is 26.7 Å². The third-order valence-electron chi connectivity index (χ3n) is 1.43. The van der Waals surface area contributed by atoms with Gasteiger partial charge in [-0.15, -0.1) is 0 Å². The first-order chi connectivity index (χ1) is 7.10. The topological polar surface area (TPSA) is 72.8 Å². The molecular weight excluding hydrogens is 200 g/mol. The summed E-state index contributed by atoms with van der Waals surface area (Å²) >= 11 is 0. The van der Waals surface area contributed by atoms with Crippen molar-refractivity contribution in [1.29, 1.82) is 0 Å². The van der Waals surface area contributed by atoms with Crippen molar-refractivity contribution in [3.05, 3.63) is 12.2 Å². The lowest BCUT2D eigenvalue weighted by Gasteiger charge is -2.08. The molecule has 0 aliphatic rings. The monoisotopic (exact) mass is 216 g/mol. The van der Waals surface area contributed by atoms with Crippen LogP contribution >= 0.6 is 0 Å². The molecule has 5 heteroatoms. The molecule has 1 atom stereocenters. The Balaban J connectivity index is 3.87. The quantitative estimate of drug-likeness (QED) is 0.403. The summed E-state index contributed by atoms with van der Waals surface area (Å²) in [5, 5.41) is 9.10. The SMILES string of the molecule is CCCC(O)OC(=O)/C=C\C(=O)OCC. The number of esters is 2. The highest BCUT2D eigenvalue weighted by molar-refractivity contribution is 5.91. The zero-order chi connectivity index (χ0) is 11.7. The van der Waals surface area contributed by atoms with E-state index in [4.69, 9.17) is 5.11 Å². The van der Waals surface area contributed by atoms with Crippen LogP contribution in [0.25, 0.3) is 0 Å². The Labute approximate surface area is 88.7 Å². The molecule has 0 aromatic carbocycles. The summed E-state index contributed by atoms with van der Waals surface area (Å²) in [7, 11) is 0. The summed E-state index contributed by atoms with van der Waals surface area (Å²) in [6.07, 6.45) is 1.85. The number of hydrogen-bond acceptors (Lipinski definition) is 5. The Morgan fingerprint density at radius 1 is 1.27 bits per heavy atom. The van der Waals surface area contributed by atoms with E-state index in [0.717, 1.165) is 12.2 Å². The van der Waals surface area contributed by atoms with Gasteiger partial charge >= 0.3 is 11.9 Å². The molecule has 0 aromatic heterocycles. The Morgan fingerprint density at radius 2 is 1.87 bits per heavy atom. The molecule has 1 unspecified atom stereocenters. The van der Waals surface area contributed by atoms with Crippen LogP contribution in [0, 0.1) is 0 Å². The van der Waals surface area contributed by atoms with Crippen LogP contribution in [0.3, 0.4) is 0 Å². The minimum Gasteiger partial charge on any atom is -0.463 e. The number of rotatable bonds is 6. The van der Waals surface area contributed by atoms with Crippen LogP contribution in [0.5, 0.6) is 0 Å². The Hall–Kier alpha value is -1.36. The van der Waals surface area contributed by atoms with Gasteiger partial charge in [-0.3, -0.25) is 0 Å². The van der Waals surface area contributed by atoms with E-state index in [1.165, 1.54) is 0 Å². The van der Waals surface area contributed by atoms with Crippen LogP contribution < -0.4 is 0 Å². The standard InChI is InChI=1S/C10H16O5/c1-3-5-9(12)15-10(13)7-6-8(11)14-4-2/h6-7,9,12H,3-5H2,1-2H3/b7-6-. The summed E-state index contributed by atoms with van der Waals surface area (Å²) in [5.41, 5.74) is 0. The second kappa shape index (κ2) is 7.99. The fourth-order valence-corrected chi connectivity index (χ4v) is 0.806. The Morgan fingerprint density at radius 3 is 2.40 bits per heavy atom. The molecule has 0 fully saturated rings. The molecule has 0 amide bonds. The van der Waals surface area contributed by atoms with Gasteiger partial charge in [-0.05, 0) is 6.92 Å². The fourth-order valence-electron chi connectivity index (χ4n) is 0.806. The van der Waals surface area contributed by atoms with Crippen molar-refractivity contribution in [2.75, 3.05) is 6.61 Å². The first kappa shape index (κ1) is 13.6. The zero-order valence-electron chi connectivity index (χ0n) is 8.93. The molecule has 1 N–H and O–H groups in total. The summed E-state index contributed by atoms with van der Waals surface area (Å²) in [6.45, 7) is 3.76. The van der Waals surface area contributed by atoms with E-state index in [1.54, 1.807) is 6.92 Å². The lowest BCUT2D eigenvalue weighted by Crippen LogP contribution is -2.15. The van der Waals surface area contributed by atoms with Crippen molar-refractivity contribution < 1.29 is 24.2 Å². The van der Waals surface area contributed by atoms with E-state index in [-0.39, 0.29) is 6.61 Å². The van der Waals surface area contributed by atoms with Gasteiger partial charge in [0.05, 0.1) is 6.61 Å². The predicted octanol–water partition coefficient (Wildman–Crippen LogP) is 0.767. The van der Waals surface area contributed by atoms with Gasteiger partial charge in [-0.2, -0.15) is 0 Å². The third kappa shape index (κ3) is 7.69. The zero-order valence-corrected chi connectivity index (χ0v) is 8.93. The summed E-state index contributed by atoms with van der Waals surface area (Å²) in [4.78, 5) is 21.7. The van der Waals surface area contributed by atoms with Gasteiger partial charge in [0.25, 0.3) is 0 Å². The van der Waals surface area contributed by atoms with Gasteiger partial charge < -0.3 is 14.6 Å². The van der Waals surface area contributed by atoms with Gasteiger partial charge in [0.2, 0.25) is 6.29 Å². The number of aliphatic hydroxyl groups is 1. The molecule has 0 rings (SSSR count). The van der Waals surface area contributed by atoms with Crippen molar-refractivity contribution in [3.8, 4) is 0 Å². The maximum Gasteiger partial charge on any atom is 0.333 e. The van der Waals surface area contributed by atoms with Gasteiger partial charge in [0.1, 0.15) is 0 Å². The van der Waals surface area contributed by atoms with Gasteiger partial charge in [-0.1, -0.05) is 13.3 Å². The number of carbonyl (C=O) groups is 2. The van der Waals surface area contributed by atoms with Crippen LogP contribution in [-0.4, -0.2) is 29.9 Å². The van der Waals surface area contributed by atoms with E-state index >= 15 is 0 Å². The van der Waals surface area contributed by atoms with Crippen LogP contribution in [0.15, 0.2) is 12.2 Å². The van der Waals surface area contributed by atoms with Crippen molar-refractivity contribution in [2.24, 2.45) is 0 Å².